The number of hydrogen-bond acceptors (Lipinski definition) is 2. The molecule has 1 aromatic carbocycles. The second-order valence-electron chi connectivity index (χ2n) is 5.65. The van der Waals surface area contributed by atoms with E-state index in [-0.39, 0.29) is 18.1 Å². The highest BCUT2D eigenvalue weighted by Gasteiger charge is 2.15. The molecule has 0 aliphatic heterocycles. The molecule has 2 aromatic rings. The minimum atomic E-state index is -2.63. The number of halogens is 2. The molecule has 0 saturated carbocycles. The van der Waals surface area contributed by atoms with Gasteiger partial charge in [0.1, 0.15) is 12.2 Å². The van der Waals surface area contributed by atoms with Crippen LogP contribution in [0.4, 0.5) is 14.5 Å². The second-order valence-corrected chi connectivity index (χ2v) is 5.65. The van der Waals surface area contributed by atoms with E-state index in [4.69, 9.17) is 0 Å². The van der Waals surface area contributed by atoms with Crippen LogP contribution in [0.25, 0.3) is 0 Å². The third-order valence-electron chi connectivity index (χ3n) is 3.89. The van der Waals surface area contributed by atoms with E-state index in [9.17, 15) is 13.6 Å². The Balaban J connectivity index is 1.99. The maximum atomic E-state index is 12.6. The molecule has 0 radical (unpaired) electrons. The quantitative estimate of drug-likeness (QED) is 0.863. The molecule has 2 rings (SSSR count). The summed E-state index contributed by atoms with van der Waals surface area (Å²) >= 11 is 0. The van der Waals surface area contributed by atoms with Crippen LogP contribution in [0.3, 0.4) is 0 Å². The summed E-state index contributed by atoms with van der Waals surface area (Å²) in [7, 11) is 0. The molecule has 1 N–H and O–H groups in total. The fraction of sp³-hybridized carbons (Fsp3) is 0.412. The molecule has 0 aliphatic rings. The summed E-state index contributed by atoms with van der Waals surface area (Å²) in [6.45, 7) is 5.83. The molecule has 0 unspecified atom stereocenters. The number of benzene rings is 1. The molecular formula is C17H21F2N3O. The lowest BCUT2D eigenvalue weighted by atomic mass is 9.99. The van der Waals surface area contributed by atoms with E-state index in [0.717, 1.165) is 6.42 Å². The summed E-state index contributed by atoms with van der Waals surface area (Å²) in [6, 6.07) is 8.95. The number of hydrogen-bond donors (Lipinski definition) is 1. The SMILES string of the molecule is CC[C@H](C)c1ccc(NC(=O)Cn2nc(C(F)F)cc2C)cc1. The van der Waals surface area contributed by atoms with Crippen molar-refractivity contribution < 1.29 is 13.6 Å². The summed E-state index contributed by atoms with van der Waals surface area (Å²) in [6.07, 6.45) is -1.58. The van der Waals surface area contributed by atoms with Crippen LogP contribution in [-0.4, -0.2) is 15.7 Å². The Kier molecular flexibility index (Phi) is 5.47. The standard InChI is InChI=1S/C17H21F2N3O/c1-4-11(2)13-5-7-14(8-6-13)20-16(23)10-22-12(3)9-15(21-22)17(18)19/h5-9,11,17H,4,10H2,1-3H3,(H,20,23)/t11-/m0/s1. The Bertz CT molecular complexity index is 665. The number of carbonyl (C=O) groups excluding carboxylic acids is 1. The van der Waals surface area contributed by atoms with Gasteiger partial charge in [-0.25, -0.2) is 8.78 Å². The van der Waals surface area contributed by atoms with Crippen molar-refractivity contribution in [3.05, 3.63) is 47.3 Å². The zero-order valence-electron chi connectivity index (χ0n) is 13.5. The van der Waals surface area contributed by atoms with Crippen LogP contribution >= 0.6 is 0 Å². The molecule has 4 nitrogen and oxygen atoms in total. The predicted molar refractivity (Wildman–Crippen MR) is 85.7 cm³/mol. The average molecular weight is 321 g/mol. The van der Waals surface area contributed by atoms with Gasteiger partial charge in [0.25, 0.3) is 6.43 Å². The topological polar surface area (TPSA) is 46.9 Å². The Labute approximate surface area is 134 Å². The van der Waals surface area contributed by atoms with E-state index in [1.807, 2.05) is 24.3 Å². The van der Waals surface area contributed by atoms with Crippen LogP contribution in [-0.2, 0) is 11.3 Å². The van der Waals surface area contributed by atoms with Gasteiger partial charge in [-0.15, -0.1) is 0 Å². The van der Waals surface area contributed by atoms with Crippen molar-refractivity contribution in [3.8, 4) is 0 Å². The van der Waals surface area contributed by atoms with Gasteiger partial charge in [-0.2, -0.15) is 5.10 Å². The Morgan fingerprint density at radius 3 is 2.48 bits per heavy atom. The number of amides is 1. The van der Waals surface area contributed by atoms with Gasteiger partial charge in [-0.3, -0.25) is 9.48 Å². The summed E-state index contributed by atoms with van der Waals surface area (Å²) in [4.78, 5) is 12.0. The first-order valence-electron chi connectivity index (χ1n) is 7.63. The number of anilines is 1. The van der Waals surface area contributed by atoms with Crippen molar-refractivity contribution in [3.63, 3.8) is 0 Å². The first kappa shape index (κ1) is 17.1. The maximum absolute atomic E-state index is 12.6. The fourth-order valence-electron chi connectivity index (χ4n) is 2.27. The predicted octanol–water partition coefficient (Wildman–Crippen LogP) is 4.28. The Morgan fingerprint density at radius 2 is 1.96 bits per heavy atom. The molecule has 0 fully saturated rings. The number of rotatable bonds is 6. The summed E-state index contributed by atoms with van der Waals surface area (Å²) in [5, 5.41) is 6.50. The van der Waals surface area contributed by atoms with Crippen molar-refractivity contribution in [1.29, 1.82) is 0 Å². The van der Waals surface area contributed by atoms with Crippen LogP contribution in [0.5, 0.6) is 0 Å². The average Bonchev–Trinajstić information content (AvgIpc) is 2.88. The zero-order valence-corrected chi connectivity index (χ0v) is 13.5. The maximum Gasteiger partial charge on any atom is 0.282 e. The van der Waals surface area contributed by atoms with Gasteiger partial charge in [0.15, 0.2) is 0 Å². The number of alkyl halides is 2. The van der Waals surface area contributed by atoms with Crippen molar-refractivity contribution in [2.75, 3.05) is 5.32 Å². The Hall–Kier alpha value is -2.24. The van der Waals surface area contributed by atoms with Crippen LogP contribution in [0.2, 0.25) is 0 Å². The monoisotopic (exact) mass is 321 g/mol. The lowest BCUT2D eigenvalue weighted by Crippen LogP contribution is -2.20. The number of nitrogens with one attached hydrogen (secondary N) is 1. The largest absolute Gasteiger partial charge is 0.324 e. The molecule has 1 amide bonds. The van der Waals surface area contributed by atoms with E-state index >= 15 is 0 Å². The van der Waals surface area contributed by atoms with Crippen molar-refractivity contribution in [1.82, 2.24) is 9.78 Å². The molecule has 1 aromatic heterocycles. The molecule has 124 valence electrons. The van der Waals surface area contributed by atoms with Crippen LogP contribution in [0.1, 0.15) is 49.6 Å². The molecule has 0 aliphatic carbocycles. The van der Waals surface area contributed by atoms with E-state index in [1.54, 1.807) is 6.92 Å². The number of carbonyl (C=O) groups is 1. The summed E-state index contributed by atoms with van der Waals surface area (Å²) in [5.41, 5.74) is 2.12. The van der Waals surface area contributed by atoms with Crippen LogP contribution in [0, 0.1) is 6.92 Å². The smallest absolute Gasteiger partial charge is 0.282 e. The highest BCUT2D eigenvalue weighted by Crippen LogP contribution is 2.21. The van der Waals surface area contributed by atoms with E-state index in [0.29, 0.717) is 17.3 Å². The van der Waals surface area contributed by atoms with Gasteiger partial charge in [0.05, 0.1) is 0 Å². The number of nitrogens with zero attached hydrogens (tertiary/aromatic N) is 2. The van der Waals surface area contributed by atoms with Crippen molar-refractivity contribution in [2.45, 2.75) is 46.1 Å². The normalized spacial score (nSPS) is 12.4. The van der Waals surface area contributed by atoms with Gasteiger partial charge in [-0.1, -0.05) is 26.0 Å². The molecule has 0 spiro atoms. The van der Waals surface area contributed by atoms with Gasteiger partial charge in [0, 0.05) is 11.4 Å². The molecule has 6 heteroatoms. The molecule has 1 atom stereocenters. The van der Waals surface area contributed by atoms with Crippen molar-refractivity contribution >= 4 is 11.6 Å². The van der Waals surface area contributed by atoms with E-state index in [1.165, 1.54) is 16.3 Å². The summed E-state index contributed by atoms with van der Waals surface area (Å²) < 4.78 is 26.5. The molecule has 1 heterocycles. The fourth-order valence-corrected chi connectivity index (χ4v) is 2.27. The zero-order chi connectivity index (χ0) is 17.0. The van der Waals surface area contributed by atoms with Gasteiger partial charge in [-0.05, 0) is 43.0 Å². The first-order valence-corrected chi connectivity index (χ1v) is 7.63. The molecule has 23 heavy (non-hydrogen) atoms. The van der Waals surface area contributed by atoms with Crippen molar-refractivity contribution in [2.24, 2.45) is 0 Å². The third kappa shape index (κ3) is 4.37. The summed E-state index contributed by atoms with van der Waals surface area (Å²) in [5.74, 6) is 0.174. The lowest BCUT2D eigenvalue weighted by molar-refractivity contribution is -0.117. The molecule has 0 bridgehead atoms. The van der Waals surface area contributed by atoms with Gasteiger partial charge in [0.2, 0.25) is 5.91 Å². The highest BCUT2D eigenvalue weighted by atomic mass is 19.3. The minimum absolute atomic E-state index is 0.0916. The first-order chi connectivity index (χ1) is 10.9. The van der Waals surface area contributed by atoms with E-state index in [2.05, 4.69) is 24.3 Å². The third-order valence-corrected chi connectivity index (χ3v) is 3.89. The highest BCUT2D eigenvalue weighted by molar-refractivity contribution is 5.90. The number of aromatic nitrogens is 2. The van der Waals surface area contributed by atoms with Gasteiger partial charge >= 0.3 is 0 Å². The van der Waals surface area contributed by atoms with Gasteiger partial charge < -0.3 is 5.32 Å². The second kappa shape index (κ2) is 7.35. The van der Waals surface area contributed by atoms with E-state index < -0.39 is 6.43 Å². The lowest BCUT2D eigenvalue weighted by Gasteiger charge is -2.11. The van der Waals surface area contributed by atoms with Crippen LogP contribution < -0.4 is 5.32 Å². The minimum Gasteiger partial charge on any atom is -0.324 e. The Morgan fingerprint density at radius 1 is 1.30 bits per heavy atom. The molecular weight excluding hydrogens is 300 g/mol. The number of aryl methyl sites for hydroxylation is 1. The molecule has 0 saturated heterocycles. The van der Waals surface area contributed by atoms with Crippen LogP contribution in [0.15, 0.2) is 30.3 Å².